The lowest BCUT2D eigenvalue weighted by molar-refractivity contribution is 0.600. The van der Waals surface area contributed by atoms with E-state index in [1.54, 1.807) is 6.07 Å². The average molecular weight is 312 g/mol. The maximum atomic E-state index is 13.0. The fourth-order valence-corrected chi connectivity index (χ4v) is 2.78. The highest BCUT2D eigenvalue weighted by Crippen LogP contribution is 2.21. The highest BCUT2D eigenvalue weighted by molar-refractivity contribution is 7.92. The van der Waals surface area contributed by atoms with Gasteiger partial charge in [0.2, 0.25) is 0 Å². The van der Waals surface area contributed by atoms with Gasteiger partial charge in [-0.2, -0.15) is 5.26 Å². The quantitative estimate of drug-likeness (QED) is 0.883. The maximum absolute atomic E-state index is 13.0. The normalized spacial score (nSPS) is 10.8. The summed E-state index contributed by atoms with van der Waals surface area (Å²) >= 11 is 5.63. The van der Waals surface area contributed by atoms with Crippen LogP contribution in [0.15, 0.2) is 41.4 Å². The average Bonchev–Trinajstić information content (AvgIpc) is 2.40. The van der Waals surface area contributed by atoms with Gasteiger partial charge in [-0.1, -0.05) is 11.6 Å². The Labute approximate surface area is 119 Å². The minimum absolute atomic E-state index is 0.0122. The van der Waals surface area contributed by atoms with E-state index in [4.69, 9.17) is 16.9 Å². The number of rotatable bonds is 3. The molecule has 1 N–H and O–H groups in total. The molecule has 0 saturated heterocycles. The molecule has 0 aliphatic heterocycles. The van der Waals surface area contributed by atoms with E-state index >= 15 is 0 Å². The Morgan fingerprint density at radius 3 is 2.70 bits per heavy atom. The number of hydrogen-bond acceptors (Lipinski definition) is 4. The standard InChI is InChI=1S/C12H7ClFN3O2S/c13-12-6-10(3-4-16-12)20(18,19)17-11-2-1-9(14)5-8(11)7-15/h1-6,17H. The number of nitrogens with one attached hydrogen (secondary N) is 1. The Hall–Kier alpha value is -2.17. The predicted molar refractivity (Wildman–Crippen MR) is 71.2 cm³/mol. The summed E-state index contributed by atoms with van der Waals surface area (Å²) in [6.45, 7) is 0. The molecule has 0 saturated carbocycles. The molecule has 8 heteroatoms. The molecule has 5 nitrogen and oxygen atoms in total. The summed E-state index contributed by atoms with van der Waals surface area (Å²) in [6.07, 6.45) is 1.24. The van der Waals surface area contributed by atoms with Crippen molar-refractivity contribution in [1.82, 2.24) is 4.98 Å². The summed E-state index contributed by atoms with van der Waals surface area (Å²) < 4.78 is 39.4. The van der Waals surface area contributed by atoms with Gasteiger partial charge in [-0.25, -0.2) is 17.8 Å². The molecule has 1 aromatic heterocycles. The third-order valence-corrected chi connectivity index (χ3v) is 3.92. The molecular formula is C12H7ClFN3O2S. The van der Waals surface area contributed by atoms with Crippen molar-refractivity contribution in [3.8, 4) is 6.07 Å². The molecule has 0 bridgehead atoms. The highest BCUT2D eigenvalue weighted by atomic mass is 35.5. The van der Waals surface area contributed by atoms with Crippen molar-refractivity contribution in [1.29, 1.82) is 5.26 Å². The number of aromatic nitrogens is 1. The zero-order chi connectivity index (χ0) is 14.8. The Bertz CT molecular complexity index is 803. The maximum Gasteiger partial charge on any atom is 0.262 e. The van der Waals surface area contributed by atoms with E-state index in [0.29, 0.717) is 0 Å². The van der Waals surface area contributed by atoms with Crippen LogP contribution in [0.3, 0.4) is 0 Å². The third-order valence-electron chi connectivity index (χ3n) is 2.35. The van der Waals surface area contributed by atoms with Crippen LogP contribution in [-0.2, 0) is 10.0 Å². The molecule has 0 aliphatic rings. The molecule has 102 valence electrons. The van der Waals surface area contributed by atoms with Gasteiger partial charge in [0.25, 0.3) is 10.0 Å². The summed E-state index contributed by atoms with van der Waals surface area (Å²) in [5.74, 6) is -0.628. The number of pyridine rings is 1. The summed E-state index contributed by atoms with van der Waals surface area (Å²) in [6, 6.07) is 7.31. The second-order valence-corrected chi connectivity index (χ2v) is 5.79. The van der Waals surface area contributed by atoms with Crippen LogP contribution < -0.4 is 4.72 Å². The first-order chi connectivity index (χ1) is 9.42. The van der Waals surface area contributed by atoms with Crippen LogP contribution in [0.5, 0.6) is 0 Å². The van der Waals surface area contributed by atoms with E-state index in [1.165, 1.54) is 24.4 Å². The summed E-state index contributed by atoms with van der Waals surface area (Å²) in [5, 5.41) is 8.89. The van der Waals surface area contributed by atoms with E-state index in [9.17, 15) is 12.8 Å². The lowest BCUT2D eigenvalue weighted by Gasteiger charge is -2.09. The zero-order valence-electron chi connectivity index (χ0n) is 9.84. The first-order valence-corrected chi connectivity index (χ1v) is 7.12. The molecule has 1 aromatic carbocycles. The van der Waals surface area contributed by atoms with Crippen molar-refractivity contribution in [2.24, 2.45) is 0 Å². The number of nitrogens with zero attached hydrogens (tertiary/aromatic N) is 2. The van der Waals surface area contributed by atoms with Crippen molar-refractivity contribution in [2.75, 3.05) is 4.72 Å². The Kier molecular flexibility index (Phi) is 3.88. The molecule has 0 unspecified atom stereocenters. The van der Waals surface area contributed by atoms with Crippen LogP contribution in [0, 0.1) is 17.1 Å². The van der Waals surface area contributed by atoms with E-state index in [2.05, 4.69) is 9.71 Å². The van der Waals surface area contributed by atoms with Crippen LogP contribution in [-0.4, -0.2) is 13.4 Å². The SMILES string of the molecule is N#Cc1cc(F)ccc1NS(=O)(=O)c1ccnc(Cl)c1. The van der Waals surface area contributed by atoms with Gasteiger partial charge in [0.1, 0.15) is 17.0 Å². The van der Waals surface area contributed by atoms with Crippen LogP contribution in [0.2, 0.25) is 5.15 Å². The van der Waals surface area contributed by atoms with Gasteiger partial charge >= 0.3 is 0 Å². The van der Waals surface area contributed by atoms with Crippen molar-refractivity contribution in [3.63, 3.8) is 0 Å². The number of halogens is 2. The summed E-state index contributed by atoms with van der Waals surface area (Å²) in [7, 11) is -3.93. The second-order valence-electron chi connectivity index (χ2n) is 3.72. The molecule has 0 spiro atoms. The molecule has 0 atom stereocenters. The molecule has 20 heavy (non-hydrogen) atoms. The monoisotopic (exact) mass is 311 g/mol. The Morgan fingerprint density at radius 1 is 1.30 bits per heavy atom. The van der Waals surface area contributed by atoms with Gasteiger partial charge in [0.05, 0.1) is 16.1 Å². The molecule has 2 aromatic rings. The first-order valence-electron chi connectivity index (χ1n) is 5.26. The van der Waals surface area contributed by atoms with E-state index in [1.807, 2.05) is 0 Å². The minimum Gasteiger partial charge on any atom is -0.278 e. The van der Waals surface area contributed by atoms with Crippen LogP contribution in [0.1, 0.15) is 5.56 Å². The van der Waals surface area contributed by atoms with Crippen molar-refractivity contribution in [2.45, 2.75) is 4.90 Å². The first kappa shape index (κ1) is 14.2. The van der Waals surface area contributed by atoms with E-state index < -0.39 is 15.8 Å². The number of hydrogen-bond donors (Lipinski definition) is 1. The summed E-state index contributed by atoms with van der Waals surface area (Å²) in [4.78, 5) is 3.57. The van der Waals surface area contributed by atoms with Crippen LogP contribution in [0.4, 0.5) is 10.1 Å². The lowest BCUT2D eigenvalue weighted by Crippen LogP contribution is -2.14. The van der Waals surface area contributed by atoms with Crippen molar-refractivity contribution >= 4 is 27.3 Å². The number of anilines is 1. The molecule has 2 rings (SSSR count). The summed E-state index contributed by atoms with van der Waals surface area (Å²) in [5.41, 5.74) is -0.129. The zero-order valence-corrected chi connectivity index (χ0v) is 11.4. The number of nitriles is 1. The predicted octanol–water partition coefficient (Wildman–Crippen LogP) is 2.55. The number of sulfonamides is 1. The van der Waals surface area contributed by atoms with Crippen molar-refractivity contribution in [3.05, 3.63) is 53.1 Å². The Balaban J connectivity index is 2.42. The third kappa shape index (κ3) is 3.04. The second kappa shape index (κ2) is 5.45. The van der Waals surface area contributed by atoms with E-state index in [0.717, 1.165) is 12.1 Å². The van der Waals surface area contributed by atoms with Gasteiger partial charge in [-0.15, -0.1) is 0 Å². The molecule has 0 amide bonds. The molecule has 1 heterocycles. The number of benzene rings is 1. The van der Waals surface area contributed by atoms with Crippen molar-refractivity contribution < 1.29 is 12.8 Å². The van der Waals surface area contributed by atoms with Gasteiger partial charge < -0.3 is 0 Å². The fraction of sp³-hybridized carbons (Fsp3) is 0. The molecule has 0 aliphatic carbocycles. The van der Waals surface area contributed by atoms with Gasteiger partial charge in [-0.05, 0) is 30.3 Å². The lowest BCUT2D eigenvalue weighted by atomic mass is 10.2. The largest absolute Gasteiger partial charge is 0.278 e. The molecule has 0 radical (unpaired) electrons. The van der Waals surface area contributed by atoms with E-state index in [-0.39, 0.29) is 21.3 Å². The topological polar surface area (TPSA) is 82.9 Å². The molecular weight excluding hydrogens is 305 g/mol. The van der Waals surface area contributed by atoms with Gasteiger partial charge in [-0.3, -0.25) is 4.72 Å². The Morgan fingerprint density at radius 2 is 2.05 bits per heavy atom. The molecule has 0 fully saturated rings. The fourth-order valence-electron chi connectivity index (χ4n) is 1.45. The van der Waals surface area contributed by atoms with Crippen LogP contribution in [0.25, 0.3) is 0 Å². The highest BCUT2D eigenvalue weighted by Gasteiger charge is 2.17. The van der Waals surface area contributed by atoms with Gasteiger partial charge in [0.15, 0.2) is 0 Å². The minimum atomic E-state index is -3.93. The van der Waals surface area contributed by atoms with Crippen LogP contribution >= 0.6 is 11.6 Å². The smallest absolute Gasteiger partial charge is 0.262 e. The van der Waals surface area contributed by atoms with Gasteiger partial charge in [0, 0.05) is 6.20 Å².